The predicted molar refractivity (Wildman–Crippen MR) is 85.7 cm³/mol. The Morgan fingerprint density at radius 1 is 1.17 bits per heavy atom. The summed E-state index contributed by atoms with van der Waals surface area (Å²) in [5.74, 6) is 0. The van der Waals surface area contributed by atoms with Crippen LogP contribution in [0.25, 0.3) is 0 Å². The van der Waals surface area contributed by atoms with E-state index in [1.54, 1.807) is 12.4 Å². The van der Waals surface area contributed by atoms with Crippen molar-refractivity contribution in [2.24, 2.45) is 0 Å². The van der Waals surface area contributed by atoms with Crippen LogP contribution < -0.4 is 0 Å². The number of rotatable bonds is 3. The number of benzene rings is 1. The molecule has 1 heterocycles. The molecule has 1 atom stereocenters. The lowest BCUT2D eigenvalue weighted by atomic mass is 10.0. The van der Waals surface area contributed by atoms with Crippen LogP contribution >= 0.6 is 57.4 Å². The van der Waals surface area contributed by atoms with E-state index in [1.807, 2.05) is 24.3 Å². The third-order valence-electron chi connectivity index (χ3n) is 2.56. The van der Waals surface area contributed by atoms with Gasteiger partial charge in [-0.2, -0.15) is 0 Å². The molecule has 0 spiro atoms. The Balaban J connectivity index is 2.19. The third kappa shape index (κ3) is 3.50. The second kappa shape index (κ2) is 6.42. The van der Waals surface area contributed by atoms with Crippen molar-refractivity contribution in [1.29, 1.82) is 0 Å². The molecule has 2 rings (SSSR count). The van der Waals surface area contributed by atoms with Gasteiger partial charge in [-0.1, -0.05) is 29.3 Å². The van der Waals surface area contributed by atoms with Gasteiger partial charge < -0.3 is 0 Å². The Hall–Kier alpha value is -0.0300. The zero-order valence-corrected chi connectivity index (χ0v) is 13.6. The van der Waals surface area contributed by atoms with Crippen molar-refractivity contribution >= 4 is 57.4 Å². The molecule has 1 aromatic heterocycles. The highest BCUT2D eigenvalue weighted by Gasteiger charge is 2.12. The number of nitrogens with zero attached hydrogens (tertiary/aromatic N) is 1. The van der Waals surface area contributed by atoms with Gasteiger partial charge >= 0.3 is 0 Å². The average Bonchev–Trinajstić information content (AvgIpc) is 2.35. The van der Waals surface area contributed by atoms with Crippen molar-refractivity contribution < 1.29 is 0 Å². The highest BCUT2D eigenvalue weighted by atomic mass is 127. The molecule has 0 aliphatic carbocycles. The van der Waals surface area contributed by atoms with Gasteiger partial charge in [0.1, 0.15) is 0 Å². The quantitative estimate of drug-likeness (QED) is 0.478. The van der Waals surface area contributed by atoms with Crippen LogP contribution in [0, 0.1) is 3.57 Å². The largest absolute Gasteiger partial charge is 0.263 e. The van der Waals surface area contributed by atoms with E-state index in [2.05, 4.69) is 27.6 Å². The van der Waals surface area contributed by atoms with E-state index in [0.29, 0.717) is 11.4 Å². The second-order valence-corrected chi connectivity index (χ2v) is 6.32. The third-order valence-corrected chi connectivity index (χ3v) is 4.88. The van der Waals surface area contributed by atoms with Crippen LogP contribution in [0.2, 0.25) is 10.0 Å². The highest BCUT2D eigenvalue weighted by Crippen LogP contribution is 2.30. The summed E-state index contributed by atoms with van der Waals surface area (Å²) in [6, 6.07) is 7.73. The van der Waals surface area contributed by atoms with E-state index >= 15 is 0 Å². The summed E-state index contributed by atoms with van der Waals surface area (Å²) in [6.45, 7) is 0. The van der Waals surface area contributed by atoms with E-state index in [4.69, 9.17) is 34.8 Å². The fraction of sp³-hybridized carbons (Fsp3) is 0.154. The smallest absolute Gasteiger partial charge is 0.0626 e. The maximum absolute atomic E-state index is 6.40. The summed E-state index contributed by atoms with van der Waals surface area (Å²) in [7, 11) is 0. The van der Waals surface area contributed by atoms with Crippen LogP contribution in [0.1, 0.15) is 16.5 Å². The SMILES string of the molecule is Clc1cc(C(Cl)Cc2ccncc2Cl)ccc1I. The number of halogens is 4. The van der Waals surface area contributed by atoms with Crippen LogP contribution in [0.15, 0.2) is 36.7 Å². The molecule has 0 aliphatic heterocycles. The minimum Gasteiger partial charge on any atom is -0.263 e. The molecule has 1 nitrogen and oxygen atoms in total. The van der Waals surface area contributed by atoms with Crippen molar-refractivity contribution in [3.63, 3.8) is 0 Å². The second-order valence-electron chi connectivity index (χ2n) is 3.81. The molecule has 0 saturated heterocycles. The molecule has 2 aromatic rings. The summed E-state index contributed by atoms with van der Waals surface area (Å²) in [4.78, 5) is 3.95. The zero-order valence-electron chi connectivity index (χ0n) is 9.21. The maximum Gasteiger partial charge on any atom is 0.0626 e. The standard InChI is InChI=1S/C13H9Cl3IN/c14-10(5-9-3-4-18-7-12(9)16)8-1-2-13(17)11(15)6-8/h1-4,6-7,10H,5H2. The molecule has 0 bridgehead atoms. The van der Waals surface area contributed by atoms with Gasteiger partial charge in [0, 0.05) is 16.0 Å². The molecule has 5 heteroatoms. The molecule has 18 heavy (non-hydrogen) atoms. The number of pyridine rings is 1. The Labute approximate surface area is 135 Å². The molecule has 0 saturated carbocycles. The maximum atomic E-state index is 6.40. The first-order valence-corrected chi connectivity index (χ1v) is 7.52. The Kier molecular flexibility index (Phi) is 5.13. The van der Waals surface area contributed by atoms with Crippen molar-refractivity contribution in [2.45, 2.75) is 11.8 Å². The molecule has 0 N–H and O–H groups in total. The van der Waals surface area contributed by atoms with Gasteiger partial charge in [-0.25, -0.2) is 0 Å². The molecule has 0 radical (unpaired) electrons. The van der Waals surface area contributed by atoms with Gasteiger partial charge in [0.2, 0.25) is 0 Å². The van der Waals surface area contributed by atoms with Gasteiger partial charge in [-0.3, -0.25) is 4.98 Å². The molecule has 1 aromatic carbocycles. The lowest BCUT2D eigenvalue weighted by molar-refractivity contribution is 0.916. The first-order chi connectivity index (χ1) is 8.58. The Morgan fingerprint density at radius 2 is 1.94 bits per heavy atom. The van der Waals surface area contributed by atoms with E-state index in [-0.39, 0.29) is 5.38 Å². The van der Waals surface area contributed by atoms with Gasteiger partial charge in [0.25, 0.3) is 0 Å². The van der Waals surface area contributed by atoms with Crippen molar-refractivity contribution in [3.8, 4) is 0 Å². The van der Waals surface area contributed by atoms with Crippen molar-refractivity contribution in [1.82, 2.24) is 4.98 Å². The summed E-state index contributed by atoms with van der Waals surface area (Å²) in [5, 5.41) is 1.21. The topological polar surface area (TPSA) is 12.9 Å². The normalized spacial score (nSPS) is 12.4. The van der Waals surface area contributed by atoms with Gasteiger partial charge in [-0.05, 0) is 58.3 Å². The molecule has 0 fully saturated rings. The average molecular weight is 412 g/mol. The summed E-state index contributed by atoms with van der Waals surface area (Å²) < 4.78 is 1.02. The summed E-state index contributed by atoms with van der Waals surface area (Å²) in [5.41, 5.74) is 1.98. The van der Waals surface area contributed by atoms with Crippen LogP contribution in [0.4, 0.5) is 0 Å². The van der Waals surface area contributed by atoms with E-state index in [9.17, 15) is 0 Å². The number of hydrogen-bond donors (Lipinski definition) is 0. The van der Waals surface area contributed by atoms with Crippen LogP contribution in [-0.2, 0) is 6.42 Å². The van der Waals surface area contributed by atoms with E-state index in [1.165, 1.54) is 0 Å². The minimum absolute atomic E-state index is 0.153. The summed E-state index contributed by atoms with van der Waals surface area (Å²) >= 11 is 20.7. The van der Waals surface area contributed by atoms with Crippen LogP contribution in [-0.4, -0.2) is 4.98 Å². The summed E-state index contributed by atoms with van der Waals surface area (Å²) in [6.07, 6.45) is 3.99. The fourth-order valence-electron chi connectivity index (χ4n) is 1.59. The minimum atomic E-state index is -0.153. The van der Waals surface area contributed by atoms with Crippen LogP contribution in [0.5, 0.6) is 0 Å². The molecular formula is C13H9Cl3IN. The van der Waals surface area contributed by atoms with Gasteiger partial charge in [0.15, 0.2) is 0 Å². The lowest BCUT2D eigenvalue weighted by Gasteiger charge is -2.11. The zero-order chi connectivity index (χ0) is 13.1. The Morgan fingerprint density at radius 3 is 2.61 bits per heavy atom. The molecule has 1 unspecified atom stereocenters. The lowest BCUT2D eigenvalue weighted by Crippen LogP contribution is -1.97. The van der Waals surface area contributed by atoms with Crippen molar-refractivity contribution in [2.75, 3.05) is 0 Å². The van der Waals surface area contributed by atoms with Gasteiger partial charge in [0.05, 0.1) is 15.4 Å². The van der Waals surface area contributed by atoms with E-state index in [0.717, 1.165) is 19.7 Å². The number of alkyl halides is 1. The molecule has 0 amide bonds. The molecule has 0 aliphatic rings. The predicted octanol–water partition coefficient (Wildman–Crippen LogP) is 5.52. The van der Waals surface area contributed by atoms with E-state index < -0.39 is 0 Å². The molecule has 94 valence electrons. The Bertz CT molecular complexity index is 560. The van der Waals surface area contributed by atoms with Crippen LogP contribution in [0.3, 0.4) is 0 Å². The highest BCUT2D eigenvalue weighted by molar-refractivity contribution is 14.1. The first kappa shape index (κ1) is 14.4. The fourth-order valence-corrected chi connectivity index (χ4v) is 2.61. The number of aromatic nitrogens is 1. The van der Waals surface area contributed by atoms with Gasteiger partial charge in [-0.15, -0.1) is 11.6 Å². The monoisotopic (exact) mass is 411 g/mol. The van der Waals surface area contributed by atoms with Crippen molar-refractivity contribution in [3.05, 3.63) is 61.4 Å². The first-order valence-electron chi connectivity index (χ1n) is 5.25. The molecular weight excluding hydrogens is 403 g/mol. The number of hydrogen-bond acceptors (Lipinski definition) is 1.